The van der Waals surface area contributed by atoms with Gasteiger partial charge in [-0.15, -0.1) is 0 Å². The van der Waals surface area contributed by atoms with Crippen molar-refractivity contribution in [3.8, 4) is 0 Å². The van der Waals surface area contributed by atoms with Crippen LogP contribution in [0.1, 0.15) is 26.7 Å². The van der Waals surface area contributed by atoms with E-state index in [1.54, 1.807) is 42.3 Å². The van der Waals surface area contributed by atoms with Crippen LogP contribution in [0.2, 0.25) is 0 Å². The van der Waals surface area contributed by atoms with Crippen LogP contribution in [0.25, 0.3) is 0 Å². The average molecular weight is 899 g/mol. The fourth-order valence-electron chi connectivity index (χ4n) is 4.26. The summed E-state index contributed by atoms with van der Waals surface area (Å²) in [5.41, 5.74) is 0. The SMILES string of the molecule is CCN(CC)CNC(=O)C(CNC(=O)C(CNC(=O)C(CCNC)NC)NC)NC(=O)C(CNC(=O)C(CCNC)NC)NC.II. The maximum Gasteiger partial charge on any atom is 0.245 e. The van der Waals surface area contributed by atoms with Gasteiger partial charge in [-0.3, -0.25) is 28.9 Å². The van der Waals surface area contributed by atoms with Crippen LogP contribution in [0.5, 0.6) is 0 Å². The van der Waals surface area contributed by atoms with Gasteiger partial charge in [-0.2, -0.15) is 0 Å². The summed E-state index contributed by atoms with van der Waals surface area (Å²) in [4.78, 5) is 66.6. The quantitative estimate of drug-likeness (QED) is 0.0302. The standard InChI is InChI=1S/C28H60N12O5.I2/c1-9-40(10-2)18-38-27(44)23(39-28(45)22(34-8)16-36-25(42)20(32-6)12-14-30-4)17-37-26(43)21(33-7)15-35-24(41)19(31-5)11-13-29-3;1-2/h19-23,29-34H,9-18H2,1-8H3,(H,35,41)(H,36,42)(H,37,43)(H,38,44)(H,39,45);. The van der Waals surface area contributed by atoms with Crippen molar-refractivity contribution < 1.29 is 24.0 Å². The number of amides is 5. The molecule has 0 aromatic heterocycles. The monoisotopic (exact) mass is 898 g/mol. The highest BCUT2D eigenvalue weighted by molar-refractivity contribution is 15.0. The number of nitrogens with one attached hydrogen (secondary N) is 11. The van der Waals surface area contributed by atoms with Crippen molar-refractivity contribution in [2.45, 2.75) is 56.9 Å². The van der Waals surface area contributed by atoms with E-state index in [4.69, 9.17) is 0 Å². The van der Waals surface area contributed by atoms with Gasteiger partial charge in [0, 0.05) is 56.9 Å². The molecule has 0 aliphatic heterocycles. The third-order valence-electron chi connectivity index (χ3n) is 7.47. The zero-order valence-corrected chi connectivity index (χ0v) is 33.5. The summed E-state index contributed by atoms with van der Waals surface area (Å²) < 4.78 is 0. The lowest BCUT2D eigenvalue weighted by Gasteiger charge is -2.26. The number of nitrogens with zero attached hydrogens (tertiary/aromatic N) is 1. The third-order valence-corrected chi connectivity index (χ3v) is 7.47. The molecule has 17 nitrogen and oxygen atoms in total. The Morgan fingerprint density at radius 2 is 0.851 bits per heavy atom. The zero-order chi connectivity index (χ0) is 36.2. The average Bonchev–Trinajstić information content (AvgIpc) is 3.08. The highest BCUT2D eigenvalue weighted by Crippen LogP contribution is 1.95. The van der Waals surface area contributed by atoms with Crippen LogP contribution in [0.4, 0.5) is 0 Å². The molecule has 5 atom stereocenters. The van der Waals surface area contributed by atoms with Gasteiger partial charge in [0.05, 0.1) is 18.8 Å². The number of carbonyl (C=O) groups is 5. The Bertz CT molecular complexity index is 889. The van der Waals surface area contributed by atoms with Gasteiger partial charge in [-0.1, -0.05) is 13.8 Å². The summed E-state index contributed by atoms with van der Waals surface area (Å²) in [7, 11) is 10.1. The minimum Gasteiger partial charge on any atom is -0.353 e. The molecule has 276 valence electrons. The Kier molecular flexibility index (Phi) is 31.0. The van der Waals surface area contributed by atoms with Crippen LogP contribution in [-0.4, -0.2) is 159 Å². The van der Waals surface area contributed by atoms with Gasteiger partial charge in [0.25, 0.3) is 0 Å². The fraction of sp³-hybridized carbons (Fsp3) is 0.821. The molecule has 47 heavy (non-hydrogen) atoms. The van der Waals surface area contributed by atoms with Gasteiger partial charge in [0.15, 0.2) is 0 Å². The van der Waals surface area contributed by atoms with Crippen molar-refractivity contribution in [3.63, 3.8) is 0 Å². The number of hydrogen-bond donors (Lipinski definition) is 11. The van der Waals surface area contributed by atoms with E-state index in [2.05, 4.69) is 95.7 Å². The van der Waals surface area contributed by atoms with Crippen molar-refractivity contribution in [1.82, 2.24) is 63.4 Å². The van der Waals surface area contributed by atoms with Gasteiger partial charge in [0.2, 0.25) is 29.5 Å². The van der Waals surface area contributed by atoms with E-state index < -0.39 is 47.9 Å². The second-order valence-corrected chi connectivity index (χ2v) is 10.4. The van der Waals surface area contributed by atoms with Gasteiger partial charge >= 0.3 is 0 Å². The largest absolute Gasteiger partial charge is 0.353 e. The molecular weight excluding hydrogens is 838 g/mol. The molecule has 11 N–H and O–H groups in total. The van der Waals surface area contributed by atoms with Crippen molar-refractivity contribution in [1.29, 1.82) is 0 Å². The van der Waals surface area contributed by atoms with Crippen LogP contribution < -0.4 is 58.5 Å². The summed E-state index contributed by atoms with van der Waals surface area (Å²) in [6, 6.07) is -3.59. The maximum atomic E-state index is 13.2. The molecule has 0 bridgehead atoms. The van der Waals surface area contributed by atoms with Gasteiger partial charge in [-0.05, 0) is 81.3 Å². The molecule has 0 radical (unpaired) electrons. The second-order valence-electron chi connectivity index (χ2n) is 10.4. The Labute approximate surface area is 304 Å². The van der Waals surface area contributed by atoms with E-state index in [1.807, 2.05) is 18.7 Å². The molecule has 19 heteroatoms. The summed E-state index contributed by atoms with van der Waals surface area (Å²) in [6.07, 6.45) is 1.14. The molecule has 0 aliphatic carbocycles. The lowest BCUT2D eigenvalue weighted by Crippen LogP contribution is -2.60. The minimum atomic E-state index is -1.11. The van der Waals surface area contributed by atoms with Gasteiger partial charge in [0.1, 0.15) is 18.1 Å². The van der Waals surface area contributed by atoms with Crippen LogP contribution in [-0.2, 0) is 24.0 Å². The Hall–Kier alpha value is -1.47. The van der Waals surface area contributed by atoms with Gasteiger partial charge in [-0.25, -0.2) is 0 Å². The van der Waals surface area contributed by atoms with Crippen molar-refractivity contribution in [2.24, 2.45) is 0 Å². The smallest absolute Gasteiger partial charge is 0.245 e. The molecule has 0 saturated carbocycles. The molecule has 0 aliphatic rings. The Morgan fingerprint density at radius 3 is 1.21 bits per heavy atom. The molecule has 0 fully saturated rings. The Morgan fingerprint density at radius 1 is 0.511 bits per heavy atom. The van der Waals surface area contributed by atoms with E-state index in [0.717, 1.165) is 0 Å². The van der Waals surface area contributed by atoms with E-state index in [1.165, 1.54) is 0 Å². The topological polar surface area (TPSA) is 221 Å². The van der Waals surface area contributed by atoms with E-state index >= 15 is 0 Å². The minimum absolute atomic E-state index is 0.0114. The molecule has 0 spiro atoms. The van der Waals surface area contributed by atoms with E-state index in [-0.39, 0.29) is 38.1 Å². The first-order valence-electron chi connectivity index (χ1n) is 15.8. The summed E-state index contributed by atoms with van der Waals surface area (Å²) in [5.74, 6) is -1.96. The second kappa shape index (κ2) is 30.6. The first-order chi connectivity index (χ1) is 22.6. The van der Waals surface area contributed by atoms with Crippen LogP contribution in [0, 0.1) is 0 Å². The van der Waals surface area contributed by atoms with Crippen molar-refractivity contribution in [3.05, 3.63) is 0 Å². The number of likely N-dealkylation sites (N-methyl/N-ethyl adjacent to an activating group) is 4. The summed E-state index contributed by atoms with van der Waals surface area (Å²) >= 11 is 4.24. The van der Waals surface area contributed by atoms with Crippen molar-refractivity contribution in [2.75, 3.05) is 94.8 Å². The lowest BCUT2D eigenvalue weighted by atomic mass is 10.1. The third kappa shape index (κ3) is 20.6. The molecule has 0 heterocycles. The molecule has 0 aromatic rings. The molecule has 0 rings (SSSR count). The predicted octanol–water partition coefficient (Wildman–Crippen LogP) is -3.42. The first-order valence-corrected chi connectivity index (χ1v) is 22.1. The van der Waals surface area contributed by atoms with E-state index in [0.29, 0.717) is 39.0 Å². The van der Waals surface area contributed by atoms with Crippen molar-refractivity contribution >= 4 is 66.8 Å². The maximum absolute atomic E-state index is 13.2. The first kappa shape index (κ1) is 47.6. The fourth-order valence-corrected chi connectivity index (χ4v) is 4.26. The Balaban J connectivity index is 0. The number of carbonyl (C=O) groups excluding carboxylic acids is 5. The van der Waals surface area contributed by atoms with Crippen LogP contribution in [0.15, 0.2) is 0 Å². The van der Waals surface area contributed by atoms with Crippen LogP contribution in [0.3, 0.4) is 0 Å². The number of hydrogen-bond acceptors (Lipinski definition) is 12. The molecular formula is C28H60I2N12O5. The summed E-state index contributed by atoms with van der Waals surface area (Å²) in [5, 5.41) is 31.4. The molecule has 0 aromatic carbocycles. The molecule has 0 saturated heterocycles. The predicted molar refractivity (Wildman–Crippen MR) is 203 cm³/mol. The van der Waals surface area contributed by atoms with Gasteiger partial charge < -0.3 is 58.5 Å². The normalized spacial score (nSPS) is 14.0. The molecule has 5 amide bonds. The summed E-state index contributed by atoms with van der Waals surface area (Å²) in [6.45, 7) is 6.72. The number of rotatable bonds is 26. The van der Waals surface area contributed by atoms with Crippen LogP contribution >= 0.6 is 37.2 Å². The number of halogens is 2. The zero-order valence-electron chi connectivity index (χ0n) is 29.2. The highest BCUT2D eigenvalue weighted by Gasteiger charge is 2.28. The highest BCUT2D eigenvalue weighted by atomic mass is 128. The lowest BCUT2D eigenvalue weighted by molar-refractivity contribution is -0.131. The molecule has 5 unspecified atom stereocenters. The van der Waals surface area contributed by atoms with E-state index in [9.17, 15) is 24.0 Å².